The molecule has 0 fully saturated rings. The van der Waals surface area contributed by atoms with Crippen molar-refractivity contribution >= 4 is 0 Å². The van der Waals surface area contributed by atoms with E-state index in [1.54, 1.807) is 0 Å². The summed E-state index contributed by atoms with van der Waals surface area (Å²) in [5, 5.41) is 3.18. The molecule has 1 aromatic carbocycles. The van der Waals surface area contributed by atoms with Crippen LogP contribution in [0.1, 0.15) is 12.0 Å². The molecular formula is C14H19N3. The van der Waals surface area contributed by atoms with E-state index in [4.69, 9.17) is 0 Å². The van der Waals surface area contributed by atoms with Gasteiger partial charge in [-0.25, -0.2) is 4.98 Å². The SMILES string of the molecule is CNCCCc1cccc(-c2cncn2C)c1. The first-order chi connectivity index (χ1) is 8.31. The molecule has 0 aliphatic heterocycles. The van der Waals surface area contributed by atoms with Gasteiger partial charge in [-0.3, -0.25) is 0 Å². The highest BCUT2D eigenvalue weighted by Gasteiger charge is 2.02. The largest absolute Gasteiger partial charge is 0.334 e. The first-order valence-electron chi connectivity index (χ1n) is 6.01. The van der Waals surface area contributed by atoms with Gasteiger partial charge in [0.1, 0.15) is 0 Å². The van der Waals surface area contributed by atoms with Crippen molar-refractivity contribution in [3.05, 3.63) is 42.4 Å². The minimum atomic E-state index is 1.07. The molecule has 0 atom stereocenters. The van der Waals surface area contributed by atoms with Gasteiger partial charge in [-0.1, -0.05) is 18.2 Å². The summed E-state index contributed by atoms with van der Waals surface area (Å²) in [6, 6.07) is 8.71. The van der Waals surface area contributed by atoms with Crippen LogP contribution < -0.4 is 5.32 Å². The number of nitrogens with zero attached hydrogens (tertiary/aromatic N) is 2. The summed E-state index contributed by atoms with van der Waals surface area (Å²) in [5.41, 5.74) is 3.80. The van der Waals surface area contributed by atoms with Gasteiger partial charge in [0.25, 0.3) is 0 Å². The van der Waals surface area contributed by atoms with E-state index in [-0.39, 0.29) is 0 Å². The Kier molecular flexibility index (Phi) is 3.94. The maximum atomic E-state index is 4.16. The van der Waals surface area contributed by atoms with Crippen molar-refractivity contribution in [3.63, 3.8) is 0 Å². The molecule has 0 saturated heterocycles. The van der Waals surface area contributed by atoms with Crippen molar-refractivity contribution in [1.29, 1.82) is 0 Å². The molecular weight excluding hydrogens is 210 g/mol. The second-order valence-corrected chi connectivity index (χ2v) is 4.30. The quantitative estimate of drug-likeness (QED) is 0.797. The lowest BCUT2D eigenvalue weighted by atomic mass is 10.0. The molecule has 0 unspecified atom stereocenters. The molecule has 0 bridgehead atoms. The van der Waals surface area contributed by atoms with Crippen LogP contribution in [0.15, 0.2) is 36.8 Å². The van der Waals surface area contributed by atoms with Crippen LogP contribution in [0.3, 0.4) is 0 Å². The Balaban J connectivity index is 2.14. The van der Waals surface area contributed by atoms with Gasteiger partial charge in [0.2, 0.25) is 0 Å². The fourth-order valence-electron chi connectivity index (χ4n) is 1.99. The number of aromatic nitrogens is 2. The van der Waals surface area contributed by atoms with E-state index in [2.05, 4.69) is 34.6 Å². The Hall–Kier alpha value is -1.61. The van der Waals surface area contributed by atoms with Crippen LogP contribution in [0.25, 0.3) is 11.3 Å². The van der Waals surface area contributed by atoms with Crippen LogP contribution in [-0.2, 0) is 13.5 Å². The zero-order valence-electron chi connectivity index (χ0n) is 10.5. The maximum Gasteiger partial charge on any atom is 0.0948 e. The topological polar surface area (TPSA) is 29.9 Å². The molecule has 3 nitrogen and oxygen atoms in total. The third-order valence-electron chi connectivity index (χ3n) is 2.93. The van der Waals surface area contributed by atoms with Crippen molar-refractivity contribution in [1.82, 2.24) is 14.9 Å². The molecule has 0 amide bonds. The zero-order valence-corrected chi connectivity index (χ0v) is 10.5. The molecule has 0 aliphatic rings. The second-order valence-electron chi connectivity index (χ2n) is 4.30. The highest BCUT2D eigenvalue weighted by molar-refractivity contribution is 5.59. The van der Waals surface area contributed by atoms with Gasteiger partial charge in [-0.15, -0.1) is 0 Å². The lowest BCUT2D eigenvalue weighted by molar-refractivity contribution is 0.725. The zero-order chi connectivity index (χ0) is 12.1. The number of nitrogens with one attached hydrogen (secondary N) is 1. The number of aryl methyl sites for hydroxylation is 2. The fourth-order valence-corrected chi connectivity index (χ4v) is 1.99. The lowest BCUT2D eigenvalue weighted by Crippen LogP contribution is -2.08. The van der Waals surface area contributed by atoms with Gasteiger partial charge in [0.15, 0.2) is 0 Å². The van der Waals surface area contributed by atoms with E-state index < -0.39 is 0 Å². The molecule has 0 aliphatic carbocycles. The third kappa shape index (κ3) is 2.94. The predicted octanol–water partition coefficient (Wildman–Crippen LogP) is 2.24. The number of hydrogen-bond acceptors (Lipinski definition) is 2. The Morgan fingerprint density at radius 2 is 2.24 bits per heavy atom. The van der Waals surface area contributed by atoms with Crippen molar-refractivity contribution < 1.29 is 0 Å². The average molecular weight is 229 g/mol. The molecule has 3 heteroatoms. The van der Waals surface area contributed by atoms with Crippen LogP contribution in [0.5, 0.6) is 0 Å². The monoisotopic (exact) mass is 229 g/mol. The van der Waals surface area contributed by atoms with Crippen molar-refractivity contribution in [2.75, 3.05) is 13.6 Å². The summed E-state index contributed by atoms with van der Waals surface area (Å²) in [5.74, 6) is 0. The van der Waals surface area contributed by atoms with Crippen molar-refractivity contribution in [2.45, 2.75) is 12.8 Å². The first kappa shape index (κ1) is 11.9. The van der Waals surface area contributed by atoms with E-state index in [0.717, 1.165) is 13.0 Å². The Labute approximate surface area is 103 Å². The van der Waals surface area contributed by atoms with E-state index in [0.29, 0.717) is 0 Å². The number of benzene rings is 1. The normalized spacial score (nSPS) is 10.7. The maximum absolute atomic E-state index is 4.16. The van der Waals surface area contributed by atoms with Crippen LogP contribution in [0.4, 0.5) is 0 Å². The van der Waals surface area contributed by atoms with E-state index in [1.807, 2.05) is 31.2 Å². The van der Waals surface area contributed by atoms with Gasteiger partial charge in [-0.2, -0.15) is 0 Å². The number of rotatable bonds is 5. The standard InChI is InChI=1S/C14H19N3/c1-15-8-4-6-12-5-3-7-13(9-12)14-10-16-11-17(14)2/h3,5,7,9-11,15H,4,6,8H2,1-2H3. The molecule has 90 valence electrons. The number of hydrogen-bond donors (Lipinski definition) is 1. The molecule has 0 saturated carbocycles. The number of imidazole rings is 1. The van der Waals surface area contributed by atoms with Crippen molar-refractivity contribution in [2.24, 2.45) is 7.05 Å². The van der Waals surface area contributed by atoms with Gasteiger partial charge in [0, 0.05) is 12.6 Å². The predicted molar refractivity (Wildman–Crippen MR) is 70.9 cm³/mol. The van der Waals surface area contributed by atoms with Crippen LogP contribution in [0, 0.1) is 0 Å². The summed E-state index contributed by atoms with van der Waals surface area (Å²) in [6.45, 7) is 1.07. The first-order valence-corrected chi connectivity index (χ1v) is 6.01. The lowest BCUT2D eigenvalue weighted by Gasteiger charge is -2.06. The molecule has 1 N–H and O–H groups in total. The van der Waals surface area contributed by atoms with Crippen molar-refractivity contribution in [3.8, 4) is 11.3 Å². The average Bonchev–Trinajstić information content (AvgIpc) is 2.76. The molecule has 2 aromatic rings. The van der Waals surface area contributed by atoms with Crippen LogP contribution in [-0.4, -0.2) is 23.1 Å². The Morgan fingerprint density at radius 1 is 1.35 bits per heavy atom. The summed E-state index contributed by atoms with van der Waals surface area (Å²) >= 11 is 0. The van der Waals surface area contributed by atoms with E-state index in [9.17, 15) is 0 Å². The molecule has 2 rings (SSSR count). The van der Waals surface area contributed by atoms with Gasteiger partial charge < -0.3 is 9.88 Å². The molecule has 0 spiro atoms. The van der Waals surface area contributed by atoms with Gasteiger partial charge >= 0.3 is 0 Å². The van der Waals surface area contributed by atoms with Crippen LogP contribution in [0.2, 0.25) is 0 Å². The van der Waals surface area contributed by atoms with E-state index >= 15 is 0 Å². The molecule has 17 heavy (non-hydrogen) atoms. The van der Waals surface area contributed by atoms with Crippen LogP contribution >= 0.6 is 0 Å². The van der Waals surface area contributed by atoms with E-state index in [1.165, 1.54) is 23.2 Å². The van der Waals surface area contributed by atoms with Gasteiger partial charge in [0.05, 0.1) is 18.2 Å². The minimum Gasteiger partial charge on any atom is -0.334 e. The molecule has 1 aromatic heterocycles. The fraction of sp³-hybridized carbons (Fsp3) is 0.357. The van der Waals surface area contributed by atoms with Gasteiger partial charge in [-0.05, 0) is 38.1 Å². The third-order valence-corrected chi connectivity index (χ3v) is 2.93. The molecule has 0 radical (unpaired) electrons. The summed E-state index contributed by atoms with van der Waals surface area (Å²) in [6.07, 6.45) is 6.04. The summed E-state index contributed by atoms with van der Waals surface area (Å²) < 4.78 is 2.05. The summed E-state index contributed by atoms with van der Waals surface area (Å²) in [7, 11) is 4.02. The highest BCUT2D eigenvalue weighted by Crippen LogP contribution is 2.19. The molecule has 1 heterocycles. The highest BCUT2D eigenvalue weighted by atomic mass is 15.0. The Bertz CT molecular complexity index is 474. The second kappa shape index (κ2) is 5.64. The smallest absolute Gasteiger partial charge is 0.0948 e. The summed E-state index contributed by atoms with van der Waals surface area (Å²) in [4.78, 5) is 4.16. The minimum absolute atomic E-state index is 1.07. The Morgan fingerprint density at radius 3 is 2.94 bits per heavy atom.